The zero-order valence-corrected chi connectivity index (χ0v) is 15.1. The van der Waals surface area contributed by atoms with E-state index in [9.17, 15) is 9.59 Å². The first kappa shape index (κ1) is 19.2. The van der Waals surface area contributed by atoms with Crippen LogP contribution in [0.4, 0.5) is 0 Å². The lowest BCUT2D eigenvalue weighted by molar-refractivity contribution is -0.125. The Balaban J connectivity index is 2.48. The van der Waals surface area contributed by atoms with E-state index in [-0.39, 0.29) is 37.0 Å². The van der Waals surface area contributed by atoms with E-state index in [0.717, 1.165) is 5.56 Å². The van der Waals surface area contributed by atoms with E-state index in [4.69, 9.17) is 0 Å². The molecule has 5 nitrogen and oxygen atoms in total. The Labute approximate surface area is 139 Å². The second-order valence-electron chi connectivity index (χ2n) is 6.53. The van der Waals surface area contributed by atoms with Crippen molar-refractivity contribution < 1.29 is 9.59 Å². The van der Waals surface area contributed by atoms with Crippen LogP contribution < -0.4 is 10.6 Å². The third-order valence-corrected chi connectivity index (χ3v) is 3.69. The minimum atomic E-state index is -0.0874. The highest BCUT2D eigenvalue weighted by Crippen LogP contribution is 2.16. The molecule has 128 valence electrons. The number of carbonyl (C=O) groups excluding carboxylic acids is 2. The number of nitrogens with one attached hydrogen (secondary N) is 2. The molecule has 0 fully saturated rings. The highest BCUT2D eigenvalue weighted by atomic mass is 16.2. The van der Waals surface area contributed by atoms with Gasteiger partial charge in [0.25, 0.3) is 0 Å². The highest BCUT2D eigenvalue weighted by Gasteiger charge is 2.14. The molecule has 0 heterocycles. The molecule has 0 aliphatic carbocycles. The fourth-order valence-electron chi connectivity index (χ4n) is 2.32. The quantitative estimate of drug-likeness (QED) is 0.807. The van der Waals surface area contributed by atoms with Crippen LogP contribution in [0.2, 0.25) is 0 Å². The summed E-state index contributed by atoms with van der Waals surface area (Å²) in [5.41, 5.74) is 3.54. The van der Waals surface area contributed by atoms with Gasteiger partial charge in [-0.3, -0.25) is 14.5 Å². The SMILES string of the molecule is Cc1ccc([C@H](C)NC(=O)CN(C)CC(=O)NC(C)C)cc1C. The number of hydrogen-bond acceptors (Lipinski definition) is 3. The zero-order chi connectivity index (χ0) is 17.6. The predicted octanol–water partition coefficient (Wildman–Crippen LogP) is 1.94. The summed E-state index contributed by atoms with van der Waals surface area (Å²) in [6.45, 7) is 10.3. The van der Waals surface area contributed by atoms with Gasteiger partial charge in [0, 0.05) is 6.04 Å². The first-order valence-electron chi connectivity index (χ1n) is 8.03. The second-order valence-corrected chi connectivity index (χ2v) is 6.53. The van der Waals surface area contributed by atoms with Gasteiger partial charge < -0.3 is 10.6 Å². The van der Waals surface area contributed by atoms with Gasteiger partial charge >= 0.3 is 0 Å². The Kier molecular flexibility index (Phi) is 7.23. The molecule has 1 aromatic carbocycles. The number of carbonyl (C=O) groups is 2. The van der Waals surface area contributed by atoms with Crippen molar-refractivity contribution in [2.24, 2.45) is 0 Å². The van der Waals surface area contributed by atoms with E-state index in [2.05, 4.69) is 36.6 Å². The first-order valence-corrected chi connectivity index (χ1v) is 8.03. The molecule has 0 bridgehead atoms. The minimum absolute atomic E-state index is 0.0558. The number of aryl methyl sites for hydroxylation is 2. The van der Waals surface area contributed by atoms with Crippen LogP contribution in [0, 0.1) is 13.8 Å². The molecule has 5 heteroatoms. The van der Waals surface area contributed by atoms with Gasteiger partial charge in [0.05, 0.1) is 19.1 Å². The van der Waals surface area contributed by atoms with Gasteiger partial charge in [-0.2, -0.15) is 0 Å². The van der Waals surface area contributed by atoms with Gasteiger partial charge in [0.15, 0.2) is 0 Å². The van der Waals surface area contributed by atoms with E-state index < -0.39 is 0 Å². The number of rotatable bonds is 7. The van der Waals surface area contributed by atoms with Crippen molar-refractivity contribution >= 4 is 11.8 Å². The molecule has 0 spiro atoms. The number of likely N-dealkylation sites (N-methyl/N-ethyl adjacent to an activating group) is 1. The van der Waals surface area contributed by atoms with Crippen molar-refractivity contribution in [3.63, 3.8) is 0 Å². The van der Waals surface area contributed by atoms with E-state index in [1.807, 2.05) is 26.8 Å². The summed E-state index contributed by atoms with van der Waals surface area (Å²) >= 11 is 0. The molecule has 2 N–H and O–H groups in total. The highest BCUT2D eigenvalue weighted by molar-refractivity contribution is 5.81. The van der Waals surface area contributed by atoms with E-state index >= 15 is 0 Å². The molecule has 1 aromatic rings. The Bertz CT molecular complexity index is 555. The summed E-state index contributed by atoms with van der Waals surface area (Å²) in [5, 5.41) is 5.79. The van der Waals surface area contributed by atoms with Gasteiger partial charge in [-0.1, -0.05) is 18.2 Å². The normalized spacial score (nSPS) is 12.3. The molecule has 0 aliphatic rings. The molecule has 2 amide bonds. The second kappa shape index (κ2) is 8.67. The van der Waals surface area contributed by atoms with Crippen molar-refractivity contribution in [1.82, 2.24) is 15.5 Å². The maximum atomic E-state index is 12.1. The molecule has 1 rings (SSSR count). The Morgan fingerprint density at radius 3 is 2.09 bits per heavy atom. The number of hydrogen-bond donors (Lipinski definition) is 2. The molecule has 0 radical (unpaired) electrons. The van der Waals surface area contributed by atoms with Gasteiger partial charge in [-0.15, -0.1) is 0 Å². The smallest absolute Gasteiger partial charge is 0.234 e. The lowest BCUT2D eigenvalue weighted by atomic mass is 10.0. The molecule has 0 aliphatic heterocycles. The lowest BCUT2D eigenvalue weighted by Crippen LogP contribution is -2.42. The first-order chi connectivity index (χ1) is 10.7. The van der Waals surface area contributed by atoms with Crippen molar-refractivity contribution in [3.8, 4) is 0 Å². The van der Waals surface area contributed by atoms with Crippen LogP contribution in [-0.4, -0.2) is 42.9 Å². The Hall–Kier alpha value is -1.88. The lowest BCUT2D eigenvalue weighted by Gasteiger charge is -2.20. The van der Waals surface area contributed by atoms with Crippen molar-refractivity contribution in [3.05, 3.63) is 34.9 Å². The van der Waals surface area contributed by atoms with E-state index in [1.165, 1.54) is 11.1 Å². The van der Waals surface area contributed by atoms with Crippen LogP contribution >= 0.6 is 0 Å². The number of amides is 2. The van der Waals surface area contributed by atoms with Crippen molar-refractivity contribution in [2.75, 3.05) is 20.1 Å². The predicted molar refractivity (Wildman–Crippen MR) is 93.2 cm³/mol. The van der Waals surface area contributed by atoms with Crippen LogP contribution in [0.15, 0.2) is 18.2 Å². The van der Waals surface area contributed by atoms with E-state index in [1.54, 1.807) is 11.9 Å². The standard InChI is InChI=1S/C18H29N3O2/c1-12(2)19-17(22)10-21(6)11-18(23)20-15(5)16-8-7-13(3)14(4)9-16/h7-9,12,15H,10-11H2,1-6H3,(H,19,22)(H,20,23)/t15-/m0/s1. The summed E-state index contributed by atoms with van der Waals surface area (Å²) in [7, 11) is 1.76. The maximum absolute atomic E-state index is 12.1. The molecule has 23 heavy (non-hydrogen) atoms. The van der Waals surface area contributed by atoms with Crippen LogP contribution in [-0.2, 0) is 9.59 Å². The topological polar surface area (TPSA) is 61.4 Å². The molecule has 1 atom stereocenters. The number of nitrogens with zero attached hydrogens (tertiary/aromatic N) is 1. The minimum Gasteiger partial charge on any atom is -0.353 e. The largest absolute Gasteiger partial charge is 0.353 e. The van der Waals surface area contributed by atoms with Crippen molar-refractivity contribution in [1.29, 1.82) is 0 Å². The van der Waals surface area contributed by atoms with Crippen LogP contribution in [0.5, 0.6) is 0 Å². The van der Waals surface area contributed by atoms with Gasteiger partial charge in [-0.05, 0) is 58.4 Å². The van der Waals surface area contributed by atoms with Crippen LogP contribution in [0.1, 0.15) is 43.5 Å². The third kappa shape index (κ3) is 6.82. The molecular weight excluding hydrogens is 290 g/mol. The van der Waals surface area contributed by atoms with Crippen molar-refractivity contribution in [2.45, 2.75) is 46.7 Å². The molecule has 0 saturated heterocycles. The average Bonchev–Trinajstić information content (AvgIpc) is 2.39. The summed E-state index contributed by atoms with van der Waals surface area (Å²) in [6, 6.07) is 6.25. The Morgan fingerprint density at radius 2 is 1.57 bits per heavy atom. The fourth-order valence-corrected chi connectivity index (χ4v) is 2.32. The Morgan fingerprint density at radius 1 is 1.00 bits per heavy atom. The summed E-state index contributed by atoms with van der Waals surface area (Å²) in [4.78, 5) is 25.5. The van der Waals surface area contributed by atoms with Gasteiger partial charge in [0.1, 0.15) is 0 Å². The molecule has 0 saturated carbocycles. The summed E-state index contributed by atoms with van der Waals surface area (Å²) < 4.78 is 0. The fraction of sp³-hybridized carbons (Fsp3) is 0.556. The molecular formula is C18H29N3O2. The van der Waals surface area contributed by atoms with E-state index in [0.29, 0.717) is 0 Å². The maximum Gasteiger partial charge on any atom is 0.234 e. The zero-order valence-electron chi connectivity index (χ0n) is 15.1. The van der Waals surface area contributed by atoms with Gasteiger partial charge in [0.2, 0.25) is 11.8 Å². The third-order valence-electron chi connectivity index (χ3n) is 3.69. The van der Waals surface area contributed by atoms with Crippen LogP contribution in [0.25, 0.3) is 0 Å². The summed E-state index contributed by atoms with van der Waals surface area (Å²) in [6.07, 6.45) is 0. The monoisotopic (exact) mass is 319 g/mol. The van der Waals surface area contributed by atoms with Gasteiger partial charge in [-0.25, -0.2) is 0 Å². The van der Waals surface area contributed by atoms with Crippen LogP contribution in [0.3, 0.4) is 0 Å². The molecule has 0 aromatic heterocycles. The molecule has 0 unspecified atom stereocenters. The number of benzene rings is 1. The average molecular weight is 319 g/mol. The summed E-state index contributed by atoms with van der Waals surface area (Å²) in [5.74, 6) is -0.159.